The molecule has 1 aromatic rings. The number of nitrogens with one attached hydrogen (secondary N) is 1. The van der Waals surface area contributed by atoms with Gasteiger partial charge in [0.1, 0.15) is 0 Å². The average molecular weight is 283 g/mol. The molecule has 2 fully saturated rings. The van der Waals surface area contributed by atoms with Crippen molar-refractivity contribution in [3.8, 4) is 6.07 Å². The minimum absolute atomic E-state index is 0.149. The van der Waals surface area contributed by atoms with Crippen LogP contribution in [-0.2, 0) is 4.79 Å². The van der Waals surface area contributed by atoms with Gasteiger partial charge in [-0.15, -0.1) is 0 Å². The molecule has 2 heterocycles. The zero-order valence-electron chi connectivity index (χ0n) is 12.4. The Morgan fingerprint density at radius 1 is 1.38 bits per heavy atom. The lowest BCUT2D eigenvalue weighted by Crippen LogP contribution is -2.40. The lowest BCUT2D eigenvalue weighted by Gasteiger charge is -2.30. The molecule has 0 aliphatic carbocycles. The molecule has 0 spiro atoms. The van der Waals surface area contributed by atoms with Gasteiger partial charge >= 0.3 is 0 Å². The number of benzene rings is 1. The van der Waals surface area contributed by atoms with Crippen molar-refractivity contribution in [3.05, 3.63) is 29.8 Å². The first kappa shape index (κ1) is 14.1. The van der Waals surface area contributed by atoms with Gasteiger partial charge < -0.3 is 10.2 Å². The van der Waals surface area contributed by atoms with Crippen LogP contribution in [0.3, 0.4) is 0 Å². The molecule has 2 unspecified atom stereocenters. The van der Waals surface area contributed by atoms with Gasteiger partial charge in [-0.3, -0.25) is 4.79 Å². The zero-order valence-corrected chi connectivity index (χ0v) is 12.4. The van der Waals surface area contributed by atoms with Crippen LogP contribution in [0.5, 0.6) is 0 Å². The maximum atomic E-state index is 12.5. The number of rotatable bonds is 3. The monoisotopic (exact) mass is 283 g/mol. The molecule has 21 heavy (non-hydrogen) atoms. The molecule has 2 bridgehead atoms. The first-order valence-electron chi connectivity index (χ1n) is 7.68. The number of piperidine rings is 1. The van der Waals surface area contributed by atoms with Crippen molar-refractivity contribution in [2.24, 2.45) is 5.92 Å². The third kappa shape index (κ3) is 3.08. The van der Waals surface area contributed by atoms with Crippen molar-refractivity contribution in [2.75, 3.05) is 11.9 Å². The van der Waals surface area contributed by atoms with Crippen molar-refractivity contribution < 1.29 is 4.79 Å². The Bertz CT molecular complexity index is 566. The molecule has 2 atom stereocenters. The van der Waals surface area contributed by atoms with Gasteiger partial charge in [0, 0.05) is 31.2 Å². The first-order chi connectivity index (χ1) is 10.2. The van der Waals surface area contributed by atoms with Crippen LogP contribution in [0.2, 0.25) is 0 Å². The highest BCUT2D eigenvalue weighted by atomic mass is 16.2. The van der Waals surface area contributed by atoms with Crippen LogP contribution in [0.1, 0.15) is 37.7 Å². The summed E-state index contributed by atoms with van der Waals surface area (Å²) in [6, 6.07) is 10.6. The number of amides is 1. The summed E-state index contributed by atoms with van der Waals surface area (Å²) in [5, 5.41) is 12.6. The molecule has 2 aliphatic heterocycles. The van der Waals surface area contributed by atoms with Crippen LogP contribution in [-0.4, -0.2) is 25.0 Å². The lowest BCUT2D eigenvalue weighted by atomic mass is 9.89. The third-order valence-electron chi connectivity index (χ3n) is 4.77. The van der Waals surface area contributed by atoms with Gasteiger partial charge in [-0.25, -0.2) is 0 Å². The number of fused-ring (bicyclic) bond motifs is 2. The Balaban J connectivity index is 1.63. The van der Waals surface area contributed by atoms with E-state index in [2.05, 4.69) is 11.4 Å². The van der Waals surface area contributed by atoms with E-state index in [0.717, 1.165) is 18.5 Å². The van der Waals surface area contributed by atoms with Gasteiger partial charge in [0.05, 0.1) is 11.6 Å². The van der Waals surface area contributed by atoms with Gasteiger partial charge in [-0.2, -0.15) is 5.26 Å². The van der Waals surface area contributed by atoms with Crippen LogP contribution in [0.4, 0.5) is 5.69 Å². The molecule has 2 saturated heterocycles. The van der Waals surface area contributed by atoms with Gasteiger partial charge in [0.25, 0.3) is 0 Å². The highest BCUT2D eigenvalue weighted by molar-refractivity contribution is 5.93. The molecule has 1 aromatic carbocycles. The summed E-state index contributed by atoms with van der Waals surface area (Å²) in [6.45, 7) is 0. The summed E-state index contributed by atoms with van der Waals surface area (Å²) in [7, 11) is 1.80. The summed E-state index contributed by atoms with van der Waals surface area (Å²) in [6.07, 6.45) is 5.37. The molecule has 1 N–H and O–H groups in total. The second-order valence-corrected chi connectivity index (χ2v) is 6.29. The highest BCUT2D eigenvalue weighted by Gasteiger charge is 2.34. The van der Waals surface area contributed by atoms with E-state index in [1.165, 1.54) is 12.8 Å². The summed E-state index contributed by atoms with van der Waals surface area (Å²) in [5.74, 6) is 0.647. The van der Waals surface area contributed by atoms with E-state index >= 15 is 0 Å². The maximum absolute atomic E-state index is 12.5. The SMILES string of the molecule is CN(C(=O)CC1CC2CCC(C1)N2)c1cccc(C#N)c1. The minimum Gasteiger partial charge on any atom is -0.315 e. The van der Waals surface area contributed by atoms with E-state index in [1.54, 1.807) is 24.1 Å². The van der Waals surface area contributed by atoms with Crippen LogP contribution in [0, 0.1) is 17.2 Å². The number of hydrogen-bond acceptors (Lipinski definition) is 3. The van der Waals surface area contributed by atoms with Crippen molar-refractivity contribution in [1.29, 1.82) is 5.26 Å². The van der Waals surface area contributed by atoms with Crippen molar-refractivity contribution in [3.63, 3.8) is 0 Å². The largest absolute Gasteiger partial charge is 0.315 e. The summed E-state index contributed by atoms with van der Waals surface area (Å²) in [5.41, 5.74) is 1.39. The Hall–Kier alpha value is -1.86. The van der Waals surface area contributed by atoms with Crippen molar-refractivity contribution in [2.45, 2.75) is 44.2 Å². The molecular weight excluding hydrogens is 262 g/mol. The van der Waals surface area contributed by atoms with Crippen molar-refractivity contribution >= 4 is 11.6 Å². The smallest absolute Gasteiger partial charge is 0.226 e. The second-order valence-electron chi connectivity index (χ2n) is 6.29. The van der Waals surface area contributed by atoms with E-state index in [-0.39, 0.29) is 5.91 Å². The molecule has 4 heteroatoms. The predicted molar refractivity (Wildman–Crippen MR) is 81.9 cm³/mol. The third-order valence-corrected chi connectivity index (χ3v) is 4.77. The highest BCUT2D eigenvalue weighted by Crippen LogP contribution is 2.33. The van der Waals surface area contributed by atoms with E-state index in [0.29, 0.717) is 30.0 Å². The fourth-order valence-electron chi connectivity index (χ4n) is 3.65. The van der Waals surface area contributed by atoms with E-state index in [4.69, 9.17) is 5.26 Å². The summed E-state index contributed by atoms with van der Waals surface area (Å²) < 4.78 is 0. The Kier molecular flexibility index (Phi) is 3.94. The van der Waals surface area contributed by atoms with Crippen LogP contribution in [0.15, 0.2) is 24.3 Å². The van der Waals surface area contributed by atoms with Crippen molar-refractivity contribution in [1.82, 2.24) is 5.32 Å². The van der Waals surface area contributed by atoms with E-state index in [9.17, 15) is 4.79 Å². The number of carbonyl (C=O) groups is 1. The number of anilines is 1. The van der Waals surface area contributed by atoms with Crippen LogP contribution >= 0.6 is 0 Å². The minimum atomic E-state index is 0.149. The maximum Gasteiger partial charge on any atom is 0.226 e. The molecule has 0 aromatic heterocycles. The van der Waals surface area contributed by atoms with E-state index in [1.807, 2.05) is 12.1 Å². The second kappa shape index (κ2) is 5.87. The molecule has 1 amide bonds. The topological polar surface area (TPSA) is 56.1 Å². The fourth-order valence-corrected chi connectivity index (χ4v) is 3.65. The Labute approximate surface area is 125 Å². The molecule has 2 aliphatic rings. The molecule has 0 saturated carbocycles. The molecule has 0 radical (unpaired) electrons. The van der Waals surface area contributed by atoms with Gasteiger partial charge in [-0.05, 0) is 49.8 Å². The normalized spacial score (nSPS) is 27.1. The zero-order chi connectivity index (χ0) is 14.8. The summed E-state index contributed by atoms with van der Waals surface area (Å²) in [4.78, 5) is 14.2. The van der Waals surface area contributed by atoms with Crippen LogP contribution in [0.25, 0.3) is 0 Å². The molecule has 110 valence electrons. The van der Waals surface area contributed by atoms with E-state index < -0.39 is 0 Å². The molecule has 4 nitrogen and oxygen atoms in total. The number of carbonyl (C=O) groups excluding carboxylic acids is 1. The average Bonchev–Trinajstić information content (AvgIpc) is 2.85. The van der Waals surface area contributed by atoms with Gasteiger partial charge in [0.15, 0.2) is 0 Å². The van der Waals surface area contributed by atoms with Gasteiger partial charge in [0.2, 0.25) is 5.91 Å². The number of nitrogens with zero attached hydrogens (tertiary/aromatic N) is 2. The quantitative estimate of drug-likeness (QED) is 0.927. The summed E-state index contributed by atoms with van der Waals surface area (Å²) >= 11 is 0. The standard InChI is InChI=1S/C17H21N3O/c1-20(16-4-2-3-12(9-16)11-18)17(21)10-13-7-14-5-6-15(8-13)19-14/h2-4,9,13-15,19H,5-8,10H2,1H3. The number of nitriles is 1. The molecule has 3 rings (SSSR count). The Morgan fingerprint density at radius 2 is 2.10 bits per heavy atom. The lowest BCUT2D eigenvalue weighted by molar-refractivity contribution is -0.119. The number of hydrogen-bond donors (Lipinski definition) is 1. The Morgan fingerprint density at radius 3 is 2.76 bits per heavy atom. The van der Waals surface area contributed by atoms with Crippen LogP contribution < -0.4 is 10.2 Å². The predicted octanol–water partition coefficient (Wildman–Crippen LogP) is 2.44. The molecular formula is C17H21N3O. The first-order valence-corrected chi connectivity index (χ1v) is 7.68. The van der Waals surface area contributed by atoms with Gasteiger partial charge in [-0.1, -0.05) is 6.07 Å². The fraction of sp³-hybridized carbons (Fsp3) is 0.529.